The smallest absolute Gasteiger partial charge is 0.216 e. The molecule has 0 aliphatic heterocycles. The second-order valence-electron chi connectivity index (χ2n) is 5.15. The van der Waals surface area contributed by atoms with Crippen LogP contribution in [-0.2, 0) is 6.61 Å². The highest BCUT2D eigenvalue weighted by atomic mass is 35.5. The number of halogens is 2. The number of aromatic nitrogens is 3. The third-order valence-corrected chi connectivity index (χ3v) is 4.47. The first-order chi connectivity index (χ1) is 12.6. The van der Waals surface area contributed by atoms with Gasteiger partial charge in [-0.2, -0.15) is 14.9 Å². The highest BCUT2D eigenvalue weighted by Gasteiger charge is 2.09. The van der Waals surface area contributed by atoms with Crippen LogP contribution in [0.25, 0.3) is 0 Å². The van der Waals surface area contributed by atoms with Crippen molar-refractivity contribution in [3.8, 4) is 11.5 Å². The van der Waals surface area contributed by atoms with Crippen LogP contribution in [0.1, 0.15) is 11.1 Å². The van der Waals surface area contributed by atoms with E-state index in [1.165, 1.54) is 11.0 Å². The van der Waals surface area contributed by atoms with E-state index in [1.54, 1.807) is 43.7 Å². The van der Waals surface area contributed by atoms with Gasteiger partial charge in [-0.3, -0.25) is 5.10 Å². The van der Waals surface area contributed by atoms with E-state index in [4.69, 9.17) is 44.9 Å². The summed E-state index contributed by atoms with van der Waals surface area (Å²) in [6, 6.07) is 10.8. The van der Waals surface area contributed by atoms with Crippen molar-refractivity contribution in [2.75, 3.05) is 7.11 Å². The second-order valence-corrected chi connectivity index (χ2v) is 6.35. The van der Waals surface area contributed by atoms with E-state index in [9.17, 15) is 0 Å². The van der Waals surface area contributed by atoms with Crippen molar-refractivity contribution in [3.05, 3.63) is 68.7 Å². The fourth-order valence-corrected chi connectivity index (χ4v) is 2.81. The van der Waals surface area contributed by atoms with Crippen LogP contribution < -0.4 is 9.47 Å². The van der Waals surface area contributed by atoms with Gasteiger partial charge in [0, 0.05) is 15.6 Å². The lowest BCUT2D eigenvalue weighted by Crippen LogP contribution is -2.00. The Kier molecular flexibility index (Phi) is 5.92. The molecular formula is C17H14Cl2N4O2S. The van der Waals surface area contributed by atoms with Gasteiger partial charge in [0.25, 0.3) is 0 Å². The maximum absolute atomic E-state index is 6.17. The molecule has 0 saturated carbocycles. The normalized spacial score (nSPS) is 11.0. The third-order valence-electron chi connectivity index (χ3n) is 3.49. The molecule has 26 heavy (non-hydrogen) atoms. The average molecular weight is 409 g/mol. The van der Waals surface area contributed by atoms with E-state index < -0.39 is 0 Å². The first-order valence-corrected chi connectivity index (χ1v) is 8.65. The lowest BCUT2D eigenvalue weighted by atomic mass is 10.2. The Hall–Kier alpha value is -2.35. The first kappa shape index (κ1) is 18.4. The van der Waals surface area contributed by atoms with Gasteiger partial charge in [0.1, 0.15) is 12.9 Å². The number of hydrogen-bond donors (Lipinski definition) is 1. The standard InChI is InChI=1S/C17H14Cl2N4O2S/c1-24-16-7-11(8-21-23-10-20-22-17(23)26)5-6-15(16)25-9-12-13(18)3-2-4-14(12)19/h2-8,10H,9H2,1H3,(H,22,26). The van der Waals surface area contributed by atoms with Gasteiger partial charge in [-0.05, 0) is 48.1 Å². The minimum atomic E-state index is 0.229. The summed E-state index contributed by atoms with van der Waals surface area (Å²) < 4.78 is 13.1. The SMILES string of the molecule is COc1cc(C=Nn2cn[nH]c2=S)ccc1OCc1c(Cl)cccc1Cl. The van der Waals surface area contributed by atoms with E-state index in [0.717, 1.165) is 11.1 Å². The van der Waals surface area contributed by atoms with E-state index in [1.807, 2.05) is 6.07 Å². The molecule has 0 aliphatic carbocycles. The Labute approximate surface area is 165 Å². The Morgan fingerprint density at radius 1 is 1.23 bits per heavy atom. The molecule has 6 nitrogen and oxygen atoms in total. The number of methoxy groups -OCH3 is 1. The summed E-state index contributed by atoms with van der Waals surface area (Å²) in [7, 11) is 1.57. The van der Waals surface area contributed by atoms with Crippen molar-refractivity contribution < 1.29 is 9.47 Å². The summed E-state index contributed by atoms with van der Waals surface area (Å²) in [5.41, 5.74) is 1.53. The molecule has 1 heterocycles. The monoisotopic (exact) mass is 408 g/mol. The van der Waals surface area contributed by atoms with Crippen molar-refractivity contribution in [2.24, 2.45) is 5.10 Å². The van der Waals surface area contributed by atoms with Gasteiger partial charge in [-0.15, -0.1) is 0 Å². The number of nitrogens with one attached hydrogen (secondary N) is 1. The molecule has 0 bridgehead atoms. The van der Waals surface area contributed by atoms with Gasteiger partial charge in [-0.25, -0.2) is 0 Å². The number of nitrogens with zero attached hydrogens (tertiary/aromatic N) is 3. The van der Waals surface area contributed by atoms with Gasteiger partial charge < -0.3 is 9.47 Å². The molecule has 0 radical (unpaired) electrons. The molecule has 0 atom stereocenters. The number of aromatic amines is 1. The van der Waals surface area contributed by atoms with Crippen molar-refractivity contribution in [1.82, 2.24) is 14.9 Å². The maximum atomic E-state index is 6.17. The minimum Gasteiger partial charge on any atom is -0.493 e. The van der Waals surface area contributed by atoms with Gasteiger partial charge in [0.15, 0.2) is 11.5 Å². The first-order valence-electron chi connectivity index (χ1n) is 7.48. The van der Waals surface area contributed by atoms with Gasteiger partial charge in [-0.1, -0.05) is 29.3 Å². The largest absolute Gasteiger partial charge is 0.493 e. The maximum Gasteiger partial charge on any atom is 0.216 e. The lowest BCUT2D eigenvalue weighted by molar-refractivity contribution is 0.284. The van der Waals surface area contributed by atoms with Crippen LogP contribution in [0.4, 0.5) is 0 Å². The molecule has 0 saturated heterocycles. The van der Waals surface area contributed by atoms with E-state index >= 15 is 0 Å². The summed E-state index contributed by atoms with van der Waals surface area (Å²) >= 11 is 17.4. The zero-order valence-electron chi connectivity index (χ0n) is 13.6. The molecule has 1 aromatic heterocycles. The predicted octanol–water partition coefficient (Wildman–Crippen LogP) is 4.72. The zero-order valence-corrected chi connectivity index (χ0v) is 16.0. The molecule has 0 unspecified atom stereocenters. The van der Waals surface area contributed by atoms with E-state index in [0.29, 0.717) is 26.3 Å². The summed E-state index contributed by atoms with van der Waals surface area (Å²) in [6.45, 7) is 0.229. The van der Waals surface area contributed by atoms with Gasteiger partial charge >= 0.3 is 0 Å². The molecule has 3 rings (SSSR count). The Morgan fingerprint density at radius 3 is 2.65 bits per heavy atom. The molecule has 0 fully saturated rings. The molecule has 1 N–H and O–H groups in total. The Bertz CT molecular complexity index is 980. The van der Waals surface area contributed by atoms with E-state index in [2.05, 4.69) is 15.3 Å². The van der Waals surface area contributed by atoms with Gasteiger partial charge in [0.2, 0.25) is 4.77 Å². The van der Waals surface area contributed by atoms with Crippen LogP contribution in [-0.4, -0.2) is 28.2 Å². The van der Waals surface area contributed by atoms with Crippen LogP contribution in [0.15, 0.2) is 47.8 Å². The average Bonchev–Trinajstić information content (AvgIpc) is 3.05. The molecule has 134 valence electrons. The number of benzene rings is 2. The topological polar surface area (TPSA) is 64.4 Å². The van der Waals surface area contributed by atoms with Crippen LogP contribution in [0, 0.1) is 4.77 Å². The summed E-state index contributed by atoms with van der Waals surface area (Å²) in [6.07, 6.45) is 3.13. The molecule has 2 aromatic carbocycles. The Balaban J connectivity index is 1.78. The molecule has 0 amide bonds. The van der Waals surface area contributed by atoms with Crippen LogP contribution >= 0.6 is 35.4 Å². The zero-order chi connectivity index (χ0) is 18.5. The third kappa shape index (κ3) is 4.24. The predicted molar refractivity (Wildman–Crippen MR) is 104 cm³/mol. The number of hydrogen-bond acceptors (Lipinski definition) is 5. The minimum absolute atomic E-state index is 0.229. The molecular weight excluding hydrogens is 395 g/mol. The fraction of sp³-hybridized carbons (Fsp3) is 0.118. The number of H-pyrrole nitrogens is 1. The molecule has 9 heteroatoms. The van der Waals surface area contributed by atoms with E-state index in [-0.39, 0.29) is 6.61 Å². The number of rotatable bonds is 6. The fourth-order valence-electron chi connectivity index (χ4n) is 2.16. The molecule has 3 aromatic rings. The van der Waals surface area contributed by atoms with Crippen molar-refractivity contribution >= 4 is 41.6 Å². The van der Waals surface area contributed by atoms with Gasteiger partial charge in [0.05, 0.1) is 13.3 Å². The molecule has 0 spiro atoms. The van der Waals surface area contributed by atoms with Crippen molar-refractivity contribution in [3.63, 3.8) is 0 Å². The Morgan fingerprint density at radius 2 is 2.00 bits per heavy atom. The lowest BCUT2D eigenvalue weighted by Gasteiger charge is -2.13. The van der Waals surface area contributed by atoms with Crippen LogP contribution in [0.3, 0.4) is 0 Å². The van der Waals surface area contributed by atoms with Crippen LogP contribution in [0.5, 0.6) is 11.5 Å². The van der Waals surface area contributed by atoms with Crippen molar-refractivity contribution in [1.29, 1.82) is 0 Å². The van der Waals surface area contributed by atoms with Crippen LogP contribution in [0.2, 0.25) is 10.0 Å². The summed E-state index contributed by atoms with van der Waals surface area (Å²) in [5, 5.41) is 11.8. The van der Waals surface area contributed by atoms with Crippen molar-refractivity contribution in [2.45, 2.75) is 6.61 Å². The highest BCUT2D eigenvalue weighted by Crippen LogP contribution is 2.31. The second kappa shape index (κ2) is 8.35. The summed E-state index contributed by atoms with van der Waals surface area (Å²) in [5.74, 6) is 1.13. The quantitative estimate of drug-likeness (QED) is 0.473. The highest BCUT2D eigenvalue weighted by molar-refractivity contribution is 7.71. The summed E-state index contributed by atoms with van der Waals surface area (Å²) in [4.78, 5) is 0. The number of ether oxygens (including phenoxy) is 2. The molecule has 0 aliphatic rings.